The summed E-state index contributed by atoms with van der Waals surface area (Å²) < 4.78 is 0. The summed E-state index contributed by atoms with van der Waals surface area (Å²) in [5, 5.41) is 0. The molecule has 0 saturated carbocycles. The van der Waals surface area contributed by atoms with Gasteiger partial charge in [-0.1, -0.05) is 34.1 Å². The largest absolute Gasteiger partial charge is 0.126 e. The lowest BCUT2D eigenvalue weighted by molar-refractivity contribution is 0.294. The van der Waals surface area contributed by atoms with Crippen LogP contribution in [-0.4, -0.2) is 5.88 Å². The van der Waals surface area contributed by atoms with E-state index in [2.05, 4.69) is 27.7 Å². The van der Waals surface area contributed by atoms with Crippen molar-refractivity contribution in [1.82, 2.24) is 0 Å². The van der Waals surface area contributed by atoms with E-state index < -0.39 is 0 Å². The van der Waals surface area contributed by atoms with Crippen LogP contribution in [0.15, 0.2) is 0 Å². The fourth-order valence-electron chi connectivity index (χ4n) is 1.29. The molecule has 0 rings (SSSR count). The van der Waals surface area contributed by atoms with Gasteiger partial charge in [0, 0.05) is 5.88 Å². The van der Waals surface area contributed by atoms with Crippen molar-refractivity contribution in [2.24, 2.45) is 17.8 Å². The van der Waals surface area contributed by atoms with Gasteiger partial charge in [-0.05, 0) is 17.8 Å². The zero-order chi connectivity index (χ0) is 8.15. The Hall–Kier alpha value is 0.290. The van der Waals surface area contributed by atoms with E-state index in [1.165, 1.54) is 6.42 Å². The molecule has 0 bridgehead atoms. The van der Waals surface area contributed by atoms with Crippen LogP contribution in [0.25, 0.3) is 0 Å². The molecule has 0 aliphatic rings. The third kappa shape index (κ3) is 2.92. The monoisotopic (exact) mass is 162 g/mol. The number of hydrogen-bond acceptors (Lipinski definition) is 0. The van der Waals surface area contributed by atoms with Gasteiger partial charge < -0.3 is 0 Å². The topological polar surface area (TPSA) is 0 Å². The van der Waals surface area contributed by atoms with Crippen molar-refractivity contribution < 1.29 is 0 Å². The molecule has 0 radical (unpaired) electrons. The van der Waals surface area contributed by atoms with Crippen molar-refractivity contribution in [2.45, 2.75) is 34.1 Å². The van der Waals surface area contributed by atoms with Crippen LogP contribution in [-0.2, 0) is 0 Å². The van der Waals surface area contributed by atoms with Gasteiger partial charge in [0.2, 0.25) is 0 Å². The Morgan fingerprint density at radius 3 is 1.80 bits per heavy atom. The predicted octanol–water partition coefficient (Wildman–Crippen LogP) is 3.54. The fourth-order valence-corrected chi connectivity index (χ4v) is 1.95. The van der Waals surface area contributed by atoms with Crippen LogP contribution in [0.3, 0.4) is 0 Å². The average molecular weight is 163 g/mol. The maximum atomic E-state index is 5.84. The lowest BCUT2D eigenvalue weighted by Crippen LogP contribution is -2.18. The predicted molar refractivity (Wildman–Crippen MR) is 48.5 cm³/mol. The Labute approximate surface area is 70.0 Å². The van der Waals surface area contributed by atoms with Gasteiger partial charge in [0.05, 0.1) is 0 Å². The first-order chi connectivity index (χ1) is 4.63. The molecule has 2 unspecified atom stereocenters. The molecule has 0 aliphatic heterocycles. The molecule has 10 heavy (non-hydrogen) atoms. The van der Waals surface area contributed by atoms with Crippen LogP contribution < -0.4 is 0 Å². The maximum Gasteiger partial charge on any atom is 0.0256 e. The Balaban J connectivity index is 3.80. The van der Waals surface area contributed by atoms with E-state index in [1.807, 2.05) is 0 Å². The molecule has 0 saturated heterocycles. The SMILES string of the molecule is CCC(C)C(CCl)C(C)C. The quantitative estimate of drug-likeness (QED) is 0.555. The Morgan fingerprint density at radius 1 is 1.20 bits per heavy atom. The zero-order valence-corrected chi connectivity index (χ0v) is 8.28. The minimum atomic E-state index is 0.701. The molecule has 1 heteroatoms. The Kier molecular flexibility index (Phi) is 5.15. The third-order valence-electron chi connectivity index (χ3n) is 2.41. The van der Waals surface area contributed by atoms with Gasteiger partial charge in [0.25, 0.3) is 0 Å². The van der Waals surface area contributed by atoms with Crippen molar-refractivity contribution >= 4 is 11.6 Å². The second-order valence-corrected chi connectivity index (χ2v) is 3.76. The number of alkyl halides is 1. The molecular weight excluding hydrogens is 144 g/mol. The summed E-state index contributed by atoms with van der Waals surface area (Å²) >= 11 is 5.84. The van der Waals surface area contributed by atoms with Gasteiger partial charge in [0.15, 0.2) is 0 Å². The number of hydrogen-bond donors (Lipinski definition) is 0. The average Bonchev–Trinajstić information content (AvgIpc) is 1.88. The van der Waals surface area contributed by atoms with Crippen LogP contribution in [0, 0.1) is 17.8 Å². The molecule has 0 spiro atoms. The standard InChI is InChI=1S/C9H19Cl/c1-5-8(4)9(6-10)7(2)3/h7-9H,5-6H2,1-4H3. The minimum Gasteiger partial charge on any atom is -0.126 e. The summed E-state index contributed by atoms with van der Waals surface area (Å²) in [5.74, 6) is 3.02. The summed E-state index contributed by atoms with van der Waals surface area (Å²) in [4.78, 5) is 0. The second kappa shape index (κ2) is 5.01. The first-order valence-corrected chi connectivity index (χ1v) is 4.72. The van der Waals surface area contributed by atoms with Crippen LogP contribution in [0.5, 0.6) is 0 Å². The van der Waals surface area contributed by atoms with Crippen molar-refractivity contribution in [3.05, 3.63) is 0 Å². The van der Waals surface area contributed by atoms with E-state index in [0.29, 0.717) is 5.92 Å². The number of halogens is 1. The highest BCUT2D eigenvalue weighted by atomic mass is 35.5. The molecule has 0 N–H and O–H groups in total. The minimum absolute atomic E-state index is 0.701. The summed E-state index contributed by atoms with van der Waals surface area (Å²) in [5.41, 5.74) is 0. The summed E-state index contributed by atoms with van der Waals surface area (Å²) in [6.07, 6.45) is 1.25. The van der Waals surface area contributed by atoms with Gasteiger partial charge in [-0.15, -0.1) is 11.6 Å². The van der Waals surface area contributed by atoms with Crippen LogP contribution in [0.2, 0.25) is 0 Å². The smallest absolute Gasteiger partial charge is 0.0256 e. The lowest BCUT2D eigenvalue weighted by atomic mass is 9.85. The van der Waals surface area contributed by atoms with Crippen molar-refractivity contribution in [3.63, 3.8) is 0 Å². The molecular formula is C9H19Cl. The maximum absolute atomic E-state index is 5.84. The van der Waals surface area contributed by atoms with Gasteiger partial charge in [-0.25, -0.2) is 0 Å². The Morgan fingerprint density at radius 2 is 1.70 bits per heavy atom. The van der Waals surface area contributed by atoms with Crippen molar-refractivity contribution in [1.29, 1.82) is 0 Å². The zero-order valence-electron chi connectivity index (χ0n) is 7.52. The van der Waals surface area contributed by atoms with Gasteiger partial charge in [-0.2, -0.15) is 0 Å². The first kappa shape index (κ1) is 10.3. The first-order valence-electron chi connectivity index (χ1n) is 4.19. The van der Waals surface area contributed by atoms with Gasteiger partial charge in [0.1, 0.15) is 0 Å². The second-order valence-electron chi connectivity index (χ2n) is 3.45. The van der Waals surface area contributed by atoms with Crippen molar-refractivity contribution in [3.8, 4) is 0 Å². The Bertz CT molecular complexity index is 78.8. The van der Waals surface area contributed by atoms with E-state index >= 15 is 0 Å². The van der Waals surface area contributed by atoms with Crippen LogP contribution >= 0.6 is 11.6 Å². The molecule has 0 aromatic carbocycles. The highest BCUT2D eigenvalue weighted by Crippen LogP contribution is 2.24. The van der Waals surface area contributed by atoms with Gasteiger partial charge in [-0.3, -0.25) is 0 Å². The molecule has 0 amide bonds. The van der Waals surface area contributed by atoms with Crippen LogP contribution in [0.4, 0.5) is 0 Å². The molecule has 2 atom stereocenters. The van der Waals surface area contributed by atoms with E-state index in [4.69, 9.17) is 11.6 Å². The summed E-state index contributed by atoms with van der Waals surface area (Å²) in [6.45, 7) is 9.01. The van der Waals surface area contributed by atoms with E-state index in [1.54, 1.807) is 0 Å². The molecule has 62 valence electrons. The summed E-state index contributed by atoms with van der Waals surface area (Å²) in [7, 11) is 0. The highest BCUT2D eigenvalue weighted by molar-refractivity contribution is 6.18. The molecule has 0 aromatic rings. The fraction of sp³-hybridized carbons (Fsp3) is 1.00. The lowest BCUT2D eigenvalue weighted by Gasteiger charge is -2.23. The van der Waals surface area contributed by atoms with E-state index in [0.717, 1.165) is 17.7 Å². The van der Waals surface area contributed by atoms with Crippen LogP contribution in [0.1, 0.15) is 34.1 Å². The van der Waals surface area contributed by atoms with Crippen molar-refractivity contribution in [2.75, 3.05) is 5.88 Å². The van der Waals surface area contributed by atoms with E-state index in [-0.39, 0.29) is 0 Å². The molecule has 0 aromatic heterocycles. The van der Waals surface area contributed by atoms with Gasteiger partial charge >= 0.3 is 0 Å². The van der Waals surface area contributed by atoms with E-state index in [9.17, 15) is 0 Å². The molecule has 0 aliphatic carbocycles. The molecule has 0 fully saturated rings. The highest BCUT2D eigenvalue weighted by Gasteiger charge is 2.17. The summed E-state index contributed by atoms with van der Waals surface area (Å²) in [6, 6.07) is 0. The molecule has 0 heterocycles. The number of rotatable bonds is 4. The molecule has 0 nitrogen and oxygen atoms in total. The normalized spacial score (nSPS) is 17.4. The third-order valence-corrected chi connectivity index (χ3v) is 2.77.